The second-order valence-electron chi connectivity index (χ2n) is 10.1. The lowest BCUT2D eigenvalue weighted by Crippen LogP contribution is -2.56. The van der Waals surface area contributed by atoms with Crippen LogP contribution in [-0.2, 0) is 26.2 Å². The molecule has 0 aliphatic carbocycles. The molecule has 184 valence electrons. The van der Waals surface area contributed by atoms with E-state index in [2.05, 4.69) is 30.1 Å². The van der Waals surface area contributed by atoms with Crippen molar-refractivity contribution in [2.24, 2.45) is 11.8 Å². The van der Waals surface area contributed by atoms with E-state index >= 15 is 0 Å². The fourth-order valence-corrected chi connectivity index (χ4v) is 4.65. The fourth-order valence-electron chi connectivity index (χ4n) is 4.65. The molecule has 3 unspecified atom stereocenters. The quantitative estimate of drug-likeness (QED) is 0.548. The lowest BCUT2D eigenvalue weighted by Gasteiger charge is -2.47. The summed E-state index contributed by atoms with van der Waals surface area (Å²) < 4.78 is 5.21. The molecule has 0 aromatic heterocycles. The third-order valence-corrected chi connectivity index (χ3v) is 7.02. The van der Waals surface area contributed by atoms with Crippen molar-refractivity contribution >= 4 is 11.9 Å². The van der Waals surface area contributed by atoms with E-state index < -0.39 is 5.97 Å². The van der Waals surface area contributed by atoms with Crippen LogP contribution in [0.3, 0.4) is 0 Å². The first-order valence-electron chi connectivity index (χ1n) is 12.2. The van der Waals surface area contributed by atoms with Gasteiger partial charge in [0.05, 0.1) is 12.6 Å². The van der Waals surface area contributed by atoms with Crippen LogP contribution in [0.25, 0.3) is 0 Å². The first-order chi connectivity index (χ1) is 16.2. The van der Waals surface area contributed by atoms with Gasteiger partial charge in [0.25, 0.3) is 0 Å². The van der Waals surface area contributed by atoms with Gasteiger partial charge in [-0.3, -0.25) is 14.5 Å². The number of amides is 1. The number of phenols is 1. The number of rotatable bonds is 9. The molecule has 0 bridgehead atoms. The van der Waals surface area contributed by atoms with Crippen LogP contribution in [0.2, 0.25) is 0 Å². The Morgan fingerprint density at radius 1 is 1.18 bits per heavy atom. The van der Waals surface area contributed by atoms with Gasteiger partial charge >= 0.3 is 5.97 Å². The zero-order chi connectivity index (χ0) is 24.7. The van der Waals surface area contributed by atoms with Gasteiger partial charge in [-0.15, -0.1) is 0 Å². The Bertz CT molecular complexity index is 962. The number of aromatic hydroxyl groups is 1. The highest BCUT2D eigenvalue weighted by Gasteiger charge is 2.41. The Hall–Kier alpha value is -2.86. The smallest absolute Gasteiger partial charge is 0.325 e. The maximum Gasteiger partial charge on any atom is 0.325 e. The summed E-state index contributed by atoms with van der Waals surface area (Å²) in [4.78, 5) is 27.6. The van der Waals surface area contributed by atoms with Gasteiger partial charge in [-0.05, 0) is 59.9 Å². The van der Waals surface area contributed by atoms with Crippen LogP contribution in [-0.4, -0.2) is 54.2 Å². The number of hydrogen-bond acceptors (Lipinski definition) is 5. The lowest BCUT2D eigenvalue weighted by atomic mass is 9.67. The zero-order valence-electron chi connectivity index (χ0n) is 20.8. The van der Waals surface area contributed by atoms with Crippen LogP contribution >= 0.6 is 0 Å². The molecule has 6 heteroatoms. The maximum absolute atomic E-state index is 13.3. The van der Waals surface area contributed by atoms with Gasteiger partial charge in [0.2, 0.25) is 5.91 Å². The summed E-state index contributed by atoms with van der Waals surface area (Å²) in [5, 5.41) is 12.8. The Kier molecular flexibility index (Phi) is 8.72. The van der Waals surface area contributed by atoms with Crippen molar-refractivity contribution in [3.63, 3.8) is 0 Å². The largest absolute Gasteiger partial charge is 0.508 e. The van der Waals surface area contributed by atoms with Gasteiger partial charge < -0.3 is 15.2 Å². The monoisotopic (exact) mass is 466 g/mol. The van der Waals surface area contributed by atoms with E-state index in [1.54, 1.807) is 6.07 Å². The van der Waals surface area contributed by atoms with E-state index in [1.165, 1.54) is 0 Å². The maximum atomic E-state index is 13.3. The summed E-state index contributed by atoms with van der Waals surface area (Å²) in [6, 6.07) is 17.1. The van der Waals surface area contributed by atoms with Crippen molar-refractivity contribution in [3.05, 3.63) is 65.7 Å². The van der Waals surface area contributed by atoms with E-state index in [1.807, 2.05) is 56.3 Å². The predicted octanol–water partition coefficient (Wildman–Crippen LogP) is 3.92. The Labute approximate surface area is 203 Å². The number of hydrogen-bond donors (Lipinski definition) is 2. The molecule has 3 atom stereocenters. The SMILES string of the molecule is CC(C)COC(=O)CNC(=O)C(Cc1ccccc1)N1CCC(C)(c2cccc(O)c2)C(C)C1. The number of nitrogens with zero attached hydrogens (tertiary/aromatic N) is 1. The minimum atomic E-state index is -0.413. The first-order valence-corrected chi connectivity index (χ1v) is 12.2. The standard InChI is InChI=1S/C28H38N2O4/c1-20(2)19-34-26(32)17-29-27(33)25(15-22-9-6-5-7-10-22)30-14-13-28(4,21(3)18-30)23-11-8-12-24(31)16-23/h5-12,16,20-21,25,31H,13-15,17-19H2,1-4H3,(H,29,33). The highest BCUT2D eigenvalue weighted by atomic mass is 16.5. The Morgan fingerprint density at radius 3 is 2.56 bits per heavy atom. The number of carbonyl (C=O) groups excluding carboxylic acids is 2. The molecular weight excluding hydrogens is 428 g/mol. The number of esters is 1. The molecule has 6 nitrogen and oxygen atoms in total. The minimum Gasteiger partial charge on any atom is -0.508 e. The average molecular weight is 467 g/mol. The Morgan fingerprint density at radius 2 is 1.91 bits per heavy atom. The summed E-state index contributed by atoms with van der Waals surface area (Å²) in [7, 11) is 0. The molecule has 1 amide bonds. The van der Waals surface area contributed by atoms with Crippen LogP contribution < -0.4 is 5.32 Å². The summed E-state index contributed by atoms with van der Waals surface area (Å²) >= 11 is 0. The topological polar surface area (TPSA) is 78.9 Å². The van der Waals surface area contributed by atoms with E-state index in [0.29, 0.717) is 13.0 Å². The van der Waals surface area contributed by atoms with Gasteiger partial charge in [-0.25, -0.2) is 0 Å². The van der Waals surface area contributed by atoms with Crippen molar-refractivity contribution in [1.82, 2.24) is 10.2 Å². The van der Waals surface area contributed by atoms with Crippen LogP contribution in [0.15, 0.2) is 54.6 Å². The zero-order valence-corrected chi connectivity index (χ0v) is 20.8. The van der Waals surface area contributed by atoms with E-state index in [4.69, 9.17) is 4.74 Å². The molecule has 34 heavy (non-hydrogen) atoms. The molecular formula is C28H38N2O4. The van der Waals surface area contributed by atoms with Crippen molar-refractivity contribution in [1.29, 1.82) is 0 Å². The molecule has 1 heterocycles. The molecule has 1 aliphatic heterocycles. The second kappa shape index (κ2) is 11.5. The summed E-state index contributed by atoms with van der Waals surface area (Å²) in [6.45, 7) is 10.1. The number of ether oxygens (including phenoxy) is 1. The molecule has 1 saturated heterocycles. The summed E-state index contributed by atoms with van der Waals surface area (Å²) in [5.41, 5.74) is 2.11. The number of benzene rings is 2. The number of nitrogens with one attached hydrogen (secondary N) is 1. The van der Waals surface area contributed by atoms with Crippen molar-refractivity contribution in [3.8, 4) is 5.75 Å². The van der Waals surface area contributed by atoms with Crippen molar-refractivity contribution in [2.45, 2.75) is 52.0 Å². The van der Waals surface area contributed by atoms with Crippen LogP contribution in [0, 0.1) is 11.8 Å². The second-order valence-corrected chi connectivity index (χ2v) is 10.1. The molecule has 2 aromatic carbocycles. The molecule has 1 aliphatic rings. The molecule has 0 radical (unpaired) electrons. The van der Waals surface area contributed by atoms with Crippen LogP contribution in [0.1, 0.15) is 45.2 Å². The van der Waals surface area contributed by atoms with Gasteiger partial charge in [0, 0.05) is 6.54 Å². The molecule has 3 rings (SSSR count). The molecule has 1 fully saturated rings. The van der Waals surface area contributed by atoms with E-state index in [-0.39, 0.29) is 41.5 Å². The predicted molar refractivity (Wildman–Crippen MR) is 134 cm³/mol. The highest BCUT2D eigenvalue weighted by Crippen LogP contribution is 2.40. The van der Waals surface area contributed by atoms with Gasteiger partial charge in [-0.2, -0.15) is 0 Å². The van der Waals surface area contributed by atoms with Crippen molar-refractivity contribution in [2.75, 3.05) is 26.2 Å². The number of phenolic OH excluding ortho intramolecular Hbond substituents is 1. The van der Waals surface area contributed by atoms with Crippen LogP contribution in [0.5, 0.6) is 5.75 Å². The lowest BCUT2D eigenvalue weighted by molar-refractivity contribution is -0.145. The normalized spacial score (nSPS) is 21.7. The average Bonchev–Trinajstić information content (AvgIpc) is 2.82. The first kappa shape index (κ1) is 25.8. The number of carbonyl (C=O) groups is 2. The number of likely N-dealkylation sites (tertiary alicyclic amines) is 1. The van der Waals surface area contributed by atoms with E-state index in [0.717, 1.165) is 30.6 Å². The van der Waals surface area contributed by atoms with Crippen molar-refractivity contribution < 1.29 is 19.4 Å². The third kappa shape index (κ3) is 6.60. The molecule has 2 N–H and O–H groups in total. The third-order valence-electron chi connectivity index (χ3n) is 7.02. The summed E-state index contributed by atoms with van der Waals surface area (Å²) in [6.07, 6.45) is 1.44. The number of piperidine rings is 1. The minimum absolute atomic E-state index is 0.0936. The summed E-state index contributed by atoms with van der Waals surface area (Å²) in [5.74, 6) is 0.229. The van der Waals surface area contributed by atoms with Crippen LogP contribution in [0.4, 0.5) is 0 Å². The fraction of sp³-hybridized carbons (Fsp3) is 0.500. The van der Waals surface area contributed by atoms with Gasteiger partial charge in [0.15, 0.2) is 0 Å². The Balaban J connectivity index is 1.72. The molecule has 0 saturated carbocycles. The van der Waals surface area contributed by atoms with Gasteiger partial charge in [0.1, 0.15) is 12.3 Å². The molecule has 0 spiro atoms. The van der Waals surface area contributed by atoms with E-state index in [9.17, 15) is 14.7 Å². The molecule has 2 aromatic rings. The van der Waals surface area contributed by atoms with Gasteiger partial charge in [-0.1, -0.05) is 70.2 Å². The highest BCUT2D eigenvalue weighted by molar-refractivity contribution is 5.86.